The Morgan fingerprint density at radius 1 is 1.06 bits per heavy atom. The van der Waals surface area contributed by atoms with Crippen molar-refractivity contribution in [1.29, 1.82) is 0 Å². The zero-order valence-corrected chi connectivity index (χ0v) is 17.6. The molecule has 9 nitrogen and oxygen atoms in total. The van der Waals surface area contributed by atoms with Crippen LogP contribution in [0.3, 0.4) is 0 Å². The lowest BCUT2D eigenvalue weighted by Gasteiger charge is -2.37. The van der Waals surface area contributed by atoms with Crippen molar-refractivity contribution in [2.24, 2.45) is 0 Å². The highest BCUT2D eigenvalue weighted by Gasteiger charge is 2.44. The average Bonchev–Trinajstić information content (AvgIpc) is 3.40. The SMILES string of the molecule is COC(=O)[C@@H]1COC(=O)N1C1CCN(C(=O)CCC(=O)N2CCc3ccccc32)CC1. The van der Waals surface area contributed by atoms with Crippen molar-refractivity contribution in [1.82, 2.24) is 9.80 Å². The lowest BCUT2D eigenvalue weighted by atomic mass is 10.0. The molecule has 1 aromatic rings. The molecule has 3 amide bonds. The fourth-order valence-electron chi connectivity index (χ4n) is 4.65. The second kappa shape index (κ2) is 8.95. The van der Waals surface area contributed by atoms with Crippen molar-refractivity contribution in [2.75, 3.05) is 38.3 Å². The van der Waals surface area contributed by atoms with Crippen molar-refractivity contribution < 1.29 is 28.7 Å². The minimum atomic E-state index is -0.731. The lowest BCUT2D eigenvalue weighted by Crippen LogP contribution is -2.52. The Labute approximate surface area is 180 Å². The summed E-state index contributed by atoms with van der Waals surface area (Å²) in [6.45, 7) is 1.60. The number of anilines is 1. The minimum absolute atomic E-state index is 0.00755. The molecule has 2 fully saturated rings. The number of hydrogen-bond acceptors (Lipinski definition) is 6. The number of para-hydroxylation sites is 1. The first-order chi connectivity index (χ1) is 15.0. The van der Waals surface area contributed by atoms with Crippen LogP contribution in [0.15, 0.2) is 24.3 Å². The van der Waals surface area contributed by atoms with E-state index in [4.69, 9.17) is 9.47 Å². The van der Waals surface area contributed by atoms with Gasteiger partial charge in [0.25, 0.3) is 0 Å². The van der Waals surface area contributed by atoms with Crippen LogP contribution in [0.1, 0.15) is 31.2 Å². The van der Waals surface area contributed by atoms with Crippen LogP contribution in [0.4, 0.5) is 10.5 Å². The molecule has 1 aromatic carbocycles. The second-order valence-electron chi connectivity index (χ2n) is 8.06. The molecule has 0 unspecified atom stereocenters. The molecule has 0 bridgehead atoms. The summed E-state index contributed by atoms with van der Waals surface area (Å²) in [5.41, 5.74) is 2.10. The molecule has 0 N–H and O–H groups in total. The molecule has 0 radical (unpaired) electrons. The second-order valence-corrected chi connectivity index (χ2v) is 8.06. The topological polar surface area (TPSA) is 96.5 Å². The first-order valence-corrected chi connectivity index (χ1v) is 10.7. The Morgan fingerprint density at radius 3 is 2.52 bits per heavy atom. The van der Waals surface area contributed by atoms with Crippen LogP contribution in [0.5, 0.6) is 0 Å². The largest absolute Gasteiger partial charge is 0.467 e. The van der Waals surface area contributed by atoms with Crippen LogP contribution in [0, 0.1) is 0 Å². The summed E-state index contributed by atoms with van der Waals surface area (Å²) in [7, 11) is 1.28. The smallest absolute Gasteiger partial charge is 0.410 e. The van der Waals surface area contributed by atoms with E-state index >= 15 is 0 Å². The van der Waals surface area contributed by atoms with Crippen molar-refractivity contribution in [3.63, 3.8) is 0 Å². The number of benzene rings is 1. The van der Waals surface area contributed by atoms with Crippen LogP contribution in [0.25, 0.3) is 0 Å². The van der Waals surface area contributed by atoms with Crippen molar-refractivity contribution in [2.45, 2.75) is 44.2 Å². The molecular formula is C22H27N3O6. The highest BCUT2D eigenvalue weighted by Crippen LogP contribution is 2.28. The fourth-order valence-corrected chi connectivity index (χ4v) is 4.65. The monoisotopic (exact) mass is 429 g/mol. The lowest BCUT2D eigenvalue weighted by molar-refractivity contribution is -0.146. The molecule has 0 aromatic heterocycles. The minimum Gasteiger partial charge on any atom is -0.467 e. The Balaban J connectivity index is 1.27. The van der Waals surface area contributed by atoms with Crippen molar-refractivity contribution in [3.05, 3.63) is 29.8 Å². The summed E-state index contributed by atoms with van der Waals surface area (Å²) in [5, 5.41) is 0. The maximum absolute atomic E-state index is 12.7. The average molecular weight is 429 g/mol. The number of likely N-dealkylation sites (tertiary alicyclic amines) is 1. The molecule has 0 aliphatic carbocycles. The normalized spacial score (nSPS) is 21.1. The number of amides is 3. The van der Waals surface area contributed by atoms with Gasteiger partial charge in [-0.15, -0.1) is 0 Å². The van der Waals surface area contributed by atoms with Crippen molar-refractivity contribution >= 4 is 29.6 Å². The molecule has 3 heterocycles. The molecule has 3 aliphatic heterocycles. The molecule has 2 saturated heterocycles. The number of nitrogens with zero attached hydrogens (tertiary/aromatic N) is 3. The van der Waals surface area contributed by atoms with Gasteiger partial charge in [0, 0.05) is 44.2 Å². The Morgan fingerprint density at radius 2 is 1.77 bits per heavy atom. The summed E-state index contributed by atoms with van der Waals surface area (Å²) in [5.74, 6) is -0.590. The molecule has 3 aliphatic rings. The number of hydrogen-bond donors (Lipinski definition) is 0. The van der Waals surface area contributed by atoms with Gasteiger partial charge in [-0.1, -0.05) is 18.2 Å². The predicted molar refractivity (Wildman–Crippen MR) is 110 cm³/mol. The molecule has 166 valence electrons. The van der Waals surface area contributed by atoms with Gasteiger partial charge in [0.1, 0.15) is 6.61 Å². The standard InChI is InChI=1S/C22H27N3O6/c1-30-21(28)18-14-31-22(29)25(18)16-9-11-23(12-10-16)19(26)6-7-20(27)24-13-8-15-4-2-3-5-17(15)24/h2-5,16,18H,6-14H2,1H3/t18-/m0/s1. The zero-order valence-electron chi connectivity index (χ0n) is 17.6. The van der Waals surface area contributed by atoms with Crippen LogP contribution in [0.2, 0.25) is 0 Å². The Hall–Kier alpha value is -3.10. The van der Waals surface area contributed by atoms with E-state index < -0.39 is 18.1 Å². The molecule has 31 heavy (non-hydrogen) atoms. The molecular weight excluding hydrogens is 402 g/mol. The molecule has 1 atom stereocenters. The molecule has 9 heteroatoms. The fraction of sp³-hybridized carbons (Fsp3) is 0.545. The summed E-state index contributed by atoms with van der Waals surface area (Å²) in [6.07, 6.45) is 1.78. The van der Waals surface area contributed by atoms with Crippen LogP contribution < -0.4 is 4.90 Å². The number of piperidine rings is 1. The van der Waals surface area contributed by atoms with E-state index in [1.807, 2.05) is 24.3 Å². The number of cyclic esters (lactones) is 1. The van der Waals surface area contributed by atoms with E-state index in [9.17, 15) is 19.2 Å². The zero-order chi connectivity index (χ0) is 22.0. The number of carbonyl (C=O) groups is 4. The third kappa shape index (κ3) is 4.22. The van der Waals surface area contributed by atoms with Gasteiger partial charge in [-0.2, -0.15) is 0 Å². The van der Waals surface area contributed by atoms with Crippen molar-refractivity contribution in [3.8, 4) is 0 Å². The quantitative estimate of drug-likeness (QED) is 0.656. The van der Waals surface area contributed by atoms with Crippen LogP contribution >= 0.6 is 0 Å². The van der Waals surface area contributed by atoms with Gasteiger partial charge in [0.05, 0.1) is 7.11 Å². The third-order valence-corrected chi connectivity index (χ3v) is 6.34. The summed E-state index contributed by atoms with van der Waals surface area (Å²) in [4.78, 5) is 54.2. The maximum Gasteiger partial charge on any atom is 0.410 e. The number of rotatable bonds is 5. The summed E-state index contributed by atoms with van der Waals surface area (Å²) < 4.78 is 9.80. The van der Waals surface area contributed by atoms with E-state index in [1.54, 1.807) is 9.80 Å². The Kier molecular flexibility index (Phi) is 6.11. The number of esters is 1. The van der Waals surface area contributed by atoms with E-state index in [1.165, 1.54) is 12.0 Å². The number of carbonyl (C=O) groups excluding carboxylic acids is 4. The van der Waals surface area contributed by atoms with E-state index in [0.717, 1.165) is 17.7 Å². The highest BCUT2D eigenvalue weighted by atomic mass is 16.6. The van der Waals surface area contributed by atoms with Gasteiger partial charge >= 0.3 is 12.1 Å². The van der Waals surface area contributed by atoms with Gasteiger partial charge < -0.3 is 19.3 Å². The van der Waals surface area contributed by atoms with Gasteiger partial charge in [-0.25, -0.2) is 9.59 Å². The van der Waals surface area contributed by atoms with E-state index in [0.29, 0.717) is 32.5 Å². The third-order valence-electron chi connectivity index (χ3n) is 6.34. The number of fused-ring (bicyclic) bond motifs is 1. The van der Waals surface area contributed by atoms with Gasteiger partial charge in [0.15, 0.2) is 6.04 Å². The van der Waals surface area contributed by atoms with E-state index in [2.05, 4.69) is 0 Å². The van der Waals surface area contributed by atoms with Crippen LogP contribution in [-0.2, 0) is 30.3 Å². The van der Waals surface area contributed by atoms with Crippen LogP contribution in [-0.4, -0.2) is 79.1 Å². The predicted octanol–water partition coefficient (Wildman–Crippen LogP) is 1.34. The Bertz CT molecular complexity index is 880. The summed E-state index contributed by atoms with van der Waals surface area (Å²) in [6, 6.07) is 6.95. The highest BCUT2D eigenvalue weighted by molar-refractivity contribution is 5.97. The number of methoxy groups -OCH3 is 1. The molecule has 4 rings (SSSR count). The maximum atomic E-state index is 12.7. The van der Waals surface area contributed by atoms with Gasteiger partial charge in [-0.05, 0) is 30.9 Å². The first-order valence-electron chi connectivity index (χ1n) is 10.7. The first kappa shape index (κ1) is 21.1. The van der Waals surface area contributed by atoms with E-state index in [-0.39, 0.29) is 37.3 Å². The number of ether oxygens (including phenoxy) is 2. The van der Waals surface area contributed by atoms with Gasteiger partial charge in [0.2, 0.25) is 11.8 Å². The molecule has 0 saturated carbocycles. The molecule has 0 spiro atoms. The van der Waals surface area contributed by atoms with Gasteiger partial charge in [-0.3, -0.25) is 14.5 Å². The summed E-state index contributed by atoms with van der Waals surface area (Å²) >= 11 is 0.